The monoisotopic (exact) mass is 731 g/mol. The Labute approximate surface area is 334 Å². The molecule has 0 amide bonds. The molecule has 0 bridgehead atoms. The van der Waals surface area contributed by atoms with Crippen LogP contribution in [0.5, 0.6) is 0 Å². The van der Waals surface area contributed by atoms with Gasteiger partial charge < -0.3 is 4.90 Å². The summed E-state index contributed by atoms with van der Waals surface area (Å²) in [5.41, 5.74) is 9.37. The van der Waals surface area contributed by atoms with Crippen LogP contribution < -0.4 is 4.90 Å². The maximum Gasteiger partial charge on any atom is 0.0540 e. The lowest BCUT2D eigenvalue weighted by Crippen LogP contribution is -2.10. The lowest BCUT2D eigenvalue weighted by Gasteiger charge is -2.28. The molecule has 0 aromatic heterocycles. The van der Waals surface area contributed by atoms with E-state index in [1.807, 2.05) is 0 Å². The summed E-state index contributed by atoms with van der Waals surface area (Å²) in [5.74, 6) is 0. The molecule has 1 heteroatoms. The van der Waals surface area contributed by atoms with Gasteiger partial charge in [0, 0.05) is 16.8 Å². The highest BCUT2D eigenvalue weighted by Crippen LogP contribution is 2.49. The second-order valence-corrected chi connectivity index (χ2v) is 16.9. The first-order chi connectivity index (χ1) is 28.3. The summed E-state index contributed by atoms with van der Waals surface area (Å²) in [6.45, 7) is 0. The SMILES string of the molecule is C(=C1CCCCC1)c1ccc(N(c2ccc(C=C3CCCCC3)cc2)c2ccc3c4ccc5c6cccc7cccc(c8ccc(c9cccc2c93)c4c85)c76)cc1. The molecule has 0 unspecified atom stereocenters. The molecule has 10 aromatic carbocycles. The summed E-state index contributed by atoms with van der Waals surface area (Å²) in [4.78, 5) is 2.49. The lowest BCUT2D eigenvalue weighted by atomic mass is 9.84. The molecule has 57 heavy (non-hydrogen) atoms. The summed E-state index contributed by atoms with van der Waals surface area (Å²) >= 11 is 0. The van der Waals surface area contributed by atoms with Crippen molar-refractivity contribution in [3.05, 3.63) is 162 Å². The van der Waals surface area contributed by atoms with Crippen LogP contribution in [0.15, 0.2) is 151 Å². The van der Waals surface area contributed by atoms with Crippen LogP contribution in [0.2, 0.25) is 0 Å². The minimum Gasteiger partial charge on any atom is -0.310 e. The van der Waals surface area contributed by atoms with Crippen LogP contribution in [0.1, 0.15) is 75.3 Å². The number of allylic oxidation sites excluding steroid dienone is 2. The Kier molecular flexibility index (Phi) is 7.65. The van der Waals surface area contributed by atoms with Crippen LogP contribution >= 0.6 is 0 Å². The van der Waals surface area contributed by atoms with Gasteiger partial charge in [0.05, 0.1) is 5.69 Å². The molecule has 0 saturated heterocycles. The molecular weight excluding hydrogens is 687 g/mol. The third-order valence-electron chi connectivity index (χ3n) is 13.5. The maximum absolute atomic E-state index is 2.49. The van der Waals surface area contributed by atoms with E-state index >= 15 is 0 Å². The van der Waals surface area contributed by atoms with Crippen molar-refractivity contribution in [2.24, 2.45) is 0 Å². The van der Waals surface area contributed by atoms with Crippen molar-refractivity contribution in [3.8, 4) is 0 Å². The molecule has 0 heterocycles. The smallest absolute Gasteiger partial charge is 0.0540 e. The van der Waals surface area contributed by atoms with E-state index in [1.54, 1.807) is 11.1 Å². The van der Waals surface area contributed by atoms with Gasteiger partial charge in [0.25, 0.3) is 0 Å². The molecule has 2 saturated carbocycles. The quantitative estimate of drug-likeness (QED) is 0.126. The van der Waals surface area contributed by atoms with Gasteiger partial charge in [-0.3, -0.25) is 0 Å². The molecule has 274 valence electrons. The normalized spacial score (nSPS) is 15.3. The first-order valence-electron chi connectivity index (χ1n) is 21.3. The fraction of sp³-hybridized carbons (Fsp3) is 0.179. The third-order valence-corrected chi connectivity index (χ3v) is 13.5. The number of hydrogen-bond acceptors (Lipinski definition) is 1. The van der Waals surface area contributed by atoms with E-state index in [1.165, 1.54) is 168 Å². The Morgan fingerprint density at radius 1 is 0.316 bits per heavy atom. The van der Waals surface area contributed by atoms with Crippen molar-refractivity contribution in [1.29, 1.82) is 0 Å². The molecule has 0 radical (unpaired) electrons. The molecule has 10 aromatic rings. The van der Waals surface area contributed by atoms with Gasteiger partial charge in [0.15, 0.2) is 0 Å². The number of nitrogens with zero attached hydrogens (tertiary/aromatic N) is 1. The van der Waals surface area contributed by atoms with Gasteiger partial charge in [-0.2, -0.15) is 0 Å². The van der Waals surface area contributed by atoms with Gasteiger partial charge >= 0.3 is 0 Å². The van der Waals surface area contributed by atoms with E-state index in [4.69, 9.17) is 0 Å². The number of hydrogen-bond donors (Lipinski definition) is 0. The standard InChI is InChI=1S/C56H45N/c1-3-10-36(11-4-1)34-38-20-24-41(25-21-38)57(42-26-22-39(23-27-42)35-37-12-5-2-6-13-37)52-33-32-46-50-31-29-48-44-17-8-15-40-14-7-16-43(53(40)44)47-28-30-49(56(50)55(47)48)45-18-9-19-51(52)54(45)46/h7-9,14-35H,1-6,10-13H2. The van der Waals surface area contributed by atoms with Crippen LogP contribution in [-0.2, 0) is 0 Å². The number of rotatable bonds is 5. The molecule has 0 aliphatic heterocycles. The maximum atomic E-state index is 2.49. The Bertz CT molecular complexity index is 3030. The van der Waals surface area contributed by atoms with Gasteiger partial charge in [0.1, 0.15) is 0 Å². The van der Waals surface area contributed by atoms with Crippen LogP contribution in [0.25, 0.3) is 87.6 Å². The minimum atomic E-state index is 1.18. The first kappa shape index (κ1) is 33.0. The zero-order chi connectivity index (χ0) is 37.5. The second-order valence-electron chi connectivity index (χ2n) is 16.9. The predicted octanol–water partition coefficient (Wildman–Crippen LogP) is 16.8. The molecule has 2 aliphatic rings. The largest absolute Gasteiger partial charge is 0.310 e. The van der Waals surface area contributed by atoms with Crippen LogP contribution in [0.4, 0.5) is 17.1 Å². The summed E-state index contributed by atoms with van der Waals surface area (Å²) in [7, 11) is 0. The highest BCUT2D eigenvalue weighted by molar-refractivity contribution is 6.42. The van der Waals surface area contributed by atoms with Crippen LogP contribution in [-0.4, -0.2) is 0 Å². The number of anilines is 3. The second kappa shape index (κ2) is 13.2. The molecule has 2 aliphatic carbocycles. The minimum absolute atomic E-state index is 1.18. The summed E-state index contributed by atoms with van der Waals surface area (Å²) in [5, 5.41) is 18.7. The third kappa shape index (κ3) is 5.29. The average molecular weight is 732 g/mol. The summed E-state index contributed by atoms with van der Waals surface area (Å²) in [6.07, 6.45) is 17.8. The first-order valence-corrected chi connectivity index (χ1v) is 21.3. The summed E-state index contributed by atoms with van der Waals surface area (Å²) < 4.78 is 0. The zero-order valence-corrected chi connectivity index (χ0v) is 32.5. The molecule has 1 nitrogen and oxygen atoms in total. The van der Waals surface area contributed by atoms with Crippen molar-refractivity contribution in [2.75, 3.05) is 4.90 Å². The van der Waals surface area contributed by atoms with Crippen molar-refractivity contribution in [2.45, 2.75) is 64.2 Å². The number of fused-ring (bicyclic) bond motifs is 4. The Hall–Kier alpha value is -6.18. The van der Waals surface area contributed by atoms with Crippen molar-refractivity contribution >= 4 is 105 Å². The topological polar surface area (TPSA) is 3.24 Å². The molecular formula is C56H45N. The average Bonchev–Trinajstić information content (AvgIpc) is 3.27. The van der Waals surface area contributed by atoms with Crippen molar-refractivity contribution in [1.82, 2.24) is 0 Å². The molecule has 0 N–H and O–H groups in total. The van der Waals surface area contributed by atoms with Gasteiger partial charge in [0.2, 0.25) is 0 Å². The van der Waals surface area contributed by atoms with Gasteiger partial charge in [-0.25, -0.2) is 0 Å². The molecule has 0 atom stereocenters. The van der Waals surface area contributed by atoms with Crippen molar-refractivity contribution < 1.29 is 0 Å². The Morgan fingerprint density at radius 3 is 1.19 bits per heavy atom. The van der Waals surface area contributed by atoms with Crippen LogP contribution in [0, 0.1) is 0 Å². The van der Waals surface area contributed by atoms with E-state index in [-0.39, 0.29) is 0 Å². The van der Waals surface area contributed by atoms with Gasteiger partial charge in [-0.1, -0.05) is 145 Å². The molecule has 0 spiro atoms. The van der Waals surface area contributed by atoms with E-state index in [9.17, 15) is 0 Å². The Balaban J connectivity index is 1.07. The van der Waals surface area contributed by atoms with Crippen molar-refractivity contribution in [3.63, 3.8) is 0 Å². The van der Waals surface area contributed by atoms with Gasteiger partial charge in [-0.05, 0) is 163 Å². The Morgan fingerprint density at radius 2 is 0.702 bits per heavy atom. The highest BCUT2D eigenvalue weighted by atomic mass is 15.1. The van der Waals surface area contributed by atoms with E-state index in [0.717, 1.165) is 0 Å². The van der Waals surface area contributed by atoms with E-state index in [0.29, 0.717) is 0 Å². The fourth-order valence-electron chi connectivity index (χ4n) is 10.9. The van der Waals surface area contributed by atoms with E-state index in [2.05, 4.69) is 157 Å². The zero-order valence-electron chi connectivity index (χ0n) is 32.5. The van der Waals surface area contributed by atoms with Gasteiger partial charge in [-0.15, -0.1) is 0 Å². The molecule has 12 rings (SSSR count). The number of benzene rings is 10. The summed E-state index contributed by atoms with van der Waals surface area (Å²) in [6, 6.07) is 53.5. The van der Waals surface area contributed by atoms with E-state index < -0.39 is 0 Å². The highest BCUT2D eigenvalue weighted by Gasteiger charge is 2.22. The molecule has 2 fully saturated rings. The fourth-order valence-corrected chi connectivity index (χ4v) is 10.9. The lowest BCUT2D eigenvalue weighted by molar-refractivity contribution is 0.602. The van der Waals surface area contributed by atoms with Crippen LogP contribution in [0.3, 0.4) is 0 Å². The predicted molar refractivity (Wildman–Crippen MR) is 248 cm³/mol.